The quantitative estimate of drug-likeness (QED) is 0.159. The number of aromatic amines is 1. The summed E-state index contributed by atoms with van der Waals surface area (Å²) in [6, 6.07) is 0. The number of nitrogens with zero attached hydrogens (tertiary/aromatic N) is 2. The van der Waals surface area contributed by atoms with E-state index in [1.807, 2.05) is 45.2 Å². The Balaban J connectivity index is 0.000000420. The topological polar surface area (TPSA) is 31.4 Å². The van der Waals surface area contributed by atoms with Gasteiger partial charge in [-0.1, -0.05) is 93.4 Å². The largest absolute Gasteiger partial charge is 0.374 e. The number of aromatic nitrogens is 1. The SMILES string of the molecule is C=C/C(=C\N=CC)CC1CN(/C(C)=c2\c(Cl)c(CC)[nH]c2=C)C1.C=C/C=C\C(=C)/C(C)=C\C(=C/C)CC(=C)C. The molecule has 0 radical (unpaired) electrons. The van der Waals surface area contributed by atoms with Crippen LogP contribution in [0.15, 0.2) is 102 Å². The highest BCUT2D eigenvalue weighted by Crippen LogP contribution is 2.27. The Labute approximate surface area is 242 Å². The lowest BCUT2D eigenvalue weighted by Crippen LogP contribution is -2.47. The van der Waals surface area contributed by atoms with Crippen LogP contribution < -0.4 is 10.6 Å². The van der Waals surface area contributed by atoms with Crippen LogP contribution in [0, 0.1) is 5.92 Å². The number of hydrogen-bond acceptors (Lipinski definition) is 2. The van der Waals surface area contributed by atoms with E-state index in [1.165, 1.54) is 28.0 Å². The molecule has 1 aliphatic rings. The summed E-state index contributed by atoms with van der Waals surface area (Å²) in [4.78, 5) is 9.85. The summed E-state index contributed by atoms with van der Waals surface area (Å²) in [7, 11) is 0. The third kappa shape index (κ3) is 10.8. The van der Waals surface area contributed by atoms with Gasteiger partial charge in [0.2, 0.25) is 0 Å². The van der Waals surface area contributed by atoms with Gasteiger partial charge in [0.15, 0.2) is 0 Å². The van der Waals surface area contributed by atoms with E-state index in [4.69, 9.17) is 11.6 Å². The minimum Gasteiger partial charge on any atom is -0.374 e. The minimum atomic E-state index is 0.637. The van der Waals surface area contributed by atoms with E-state index in [1.54, 1.807) is 12.3 Å². The van der Waals surface area contributed by atoms with Crippen LogP contribution in [-0.4, -0.2) is 29.2 Å². The number of allylic oxidation sites excluding steroid dienone is 11. The van der Waals surface area contributed by atoms with Crippen LogP contribution in [0.2, 0.25) is 5.02 Å². The molecule has 1 fully saturated rings. The second-order valence-electron chi connectivity index (χ2n) is 9.95. The third-order valence-electron chi connectivity index (χ3n) is 6.63. The van der Waals surface area contributed by atoms with E-state index < -0.39 is 0 Å². The molecular weight excluding hydrogens is 498 g/mol. The highest BCUT2D eigenvalue weighted by atomic mass is 35.5. The zero-order valence-electron chi connectivity index (χ0n) is 25.0. The van der Waals surface area contributed by atoms with Crippen LogP contribution in [0.5, 0.6) is 0 Å². The van der Waals surface area contributed by atoms with Gasteiger partial charge in [-0.15, -0.1) is 0 Å². The first kappa shape index (κ1) is 33.7. The number of aliphatic imine (C=N–C) groups is 1. The molecule has 1 saturated heterocycles. The fourth-order valence-corrected chi connectivity index (χ4v) is 4.73. The first-order valence-corrected chi connectivity index (χ1v) is 14.0. The summed E-state index contributed by atoms with van der Waals surface area (Å²) in [6.45, 7) is 33.9. The van der Waals surface area contributed by atoms with Gasteiger partial charge in [-0.25, -0.2) is 0 Å². The van der Waals surface area contributed by atoms with E-state index in [2.05, 4.69) is 80.7 Å². The first-order valence-electron chi connectivity index (χ1n) is 13.6. The standard InChI is InChI=1S/C19H26ClN3.C16H22/c1-6-15(10-21-8-3)9-16-11-23(12-16)14(5)18-13(4)22-17(7-2)19(18)20;1-7-9-10-14(5)15(6)12-16(8-2)11-13(3)4/h6,8,10,16,22H,1,4,7,9,11-12H2,2-3,5H3;7-10,12H,1,3,5,11H2,2,4,6H3/b15-10+,18-14-,21-8?;10-9-,15-12-,16-8-. The van der Waals surface area contributed by atoms with Gasteiger partial charge in [-0.3, -0.25) is 4.99 Å². The van der Waals surface area contributed by atoms with Crippen molar-refractivity contribution in [2.45, 2.75) is 60.8 Å². The van der Waals surface area contributed by atoms with Gasteiger partial charge in [0.1, 0.15) is 0 Å². The van der Waals surface area contributed by atoms with Gasteiger partial charge in [-0.2, -0.15) is 0 Å². The molecule has 1 aromatic heterocycles. The number of likely N-dealkylation sites (tertiary alicyclic amines) is 1. The highest BCUT2D eigenvalue weighted by Gasteiger charge is 2.28. The van der Waals surface area contributed by atoms with Crippen molar-refractivity contribution < 1.29 is 0 Å². The van der Waals surface area contributed by atoms with Crippen LogP contribution in [0.3, 0.4) is 0 Å². The fourth-order valence-electron chi connectivity index (χ4n) is 4.30. The summed E-state index contributed by atoms with van der Waals surface area (Å²) in [5.41, 5.74) is 8.10. The molecule has 0 aliphatic carbocycles. The molecule has 210 valence electrons. The molecule has 2 rings (SSSR count). The second kappa shape index (κ2) is 17.3. The summed E-state index contributed by atoms with van der Waals surface area (Å²) in [5.74, 6) is 0.637. The molecule has 1 aromatic rings. The van der Waals surface area contributed by atoms with Crippen molar-refractivity contribution in [3.8, 4) is 0 Å². The molecule has 1 N–H and O–H groups in total. The Morgan fingerprint density at radius 2 is 1.79 bits per heavy atom. The third-order valence-corrected chi connectivity index (χ3v) is 7.05. The number of rotatable bonds is 12. The van der Waals surface area contributed by atoms with Gasteiger partial charge in [0.05, 0.1) is 5.02 Å². The first-order chi connectivity index (χ1) is 18.5. The zero-order valence-corrected chi connectivity index (χ0v) is 25.8. The van der Waals surface area contributed by atoms with Gasteiger partial charge < -0.3 is 9.88 Å². The summed E-state index contributed by atoms with van der Waals surface area (Å²) < 4.78 is 0. The summed E-state index contributed by atoms with van der Waals surface area (Å²) in [6.07, 6.45) is 18.3. The van der Waals surface area contributed by atoms with Crippen molar-refractivity contribution in [2.24, 2.45) is 10.9 Å². The normalized spacial score (nSPS) is 15.7. The molecule has 3 nitrogen and oxygen atoms in total. The monoisotopic (exact) mass is 545 g/mol. The number of hydrogen-bond donors (Lipinski definition) is 1. The maximum absolute atomic E-state index is 6.49. The van der Waals surface area contributed by atoms with Crippen molar-refractivity contribution in [1.29, 1.82) is 0 Å². The highest BCUT2D eigenvalue weighted by molar-refractivity contribution is 6.31. The molecule has 39 heavy (non-hydrogen) atoms. The molecule has 4 heteroatoms. The molecule has 2 heterocycles. The van der Waals surface area contributed by atoms with Gasteiger partial charge in [0, 0.05) is 47.5 Å². The lowest BCUT2D eigenvalue weighted by atomic mass is 9.91. The maximum atomic E-state index is 6.49. The summed E-state index contributed by atoms with van der Waals surface area (Å²) >= 11 is 6.49. The van der Waals surface area contributed by atoms with Crippen molar-refractivity contribution in [2.75, 3.05) is 13.1 Å². The van der Waals surface area contributed by atoms with Crippen molar-refractivity contribution in [3.63, 3.8) is 0 Å². The molecule has 0 amide bonds. The molecule has 0 unspecified atom stereocenters. The smallest absolute Gasteiger partial charge is 0.0708 e. The molecule has 1 aliphatic heterocycles. The molecule has 0 spiro atoms. The number of H-pyrrole nitrogens is 1. The maximum Gasteiger partial charge on any atom is 0.0708 e. The molecule has 0 aromatic carbocycles. The fraction of sp³-hybridized carbons (Fsp3) is 0.343. The Kier molecular flexibility index (Phi) is 15.0. The van der Waals surface area contributed by atoms with Crippen molar-refractivity contribution in [3.05, 3.63) is 118 Å². The van der Waals surface area contributed by atoms with Crippen molar-refractivity contribution >= 4 is 30.1 Å². The Hall–Kier alpha value is -3.30. The van der Waals surface area contributed by atoms with E-state index in [9.17, 15) is 0 Å². The zero-order chi connectivity index (χ0) is 29.5. The predicted octanol–water partition coefficient (Wildman–Crippen LogP) is 8.40. The molecular formula is C35H48ClN3. The number of aryl methyl sites for hydroxylation is 1. The lowest BCUT2D eigenvalue weighted by molar-refractivity contribution is 0.171. The van der Waals surface area contributed by atoms with Crippen LogP contribution >= 0.6 is 11.6 Å². The van der Waals surface area contributed by atoms with Crippen LogP contribution in [-0.2, 0) is 6.42 Å². The van der Waals surface area contributed by atoms with E-state index in [0.29, 0.717) is 5.92 Å². The molecule has 0 bridgehead atoms. The average Bonchev–Trinajstić information content (AvgIpc) is 3.18. The van der Waals surface area contributed by atoms with Gasteiger partial charge >= 0.3 is 0 Å². The van der Waals surface area contributed by atoms with Crippen LogP contribution in [0.25, 0.3) is 12.3 Å². The van der Waals surface area contributed by atoms with Gasteiger partial charge in [0.25, 0.3) is 0 Å². The number of nitrogens with one attached hydrogen (secondary N) is 1. The minimum absolute atomic E-state index is 0.637. The predicted molar refractivity (Wildman–Crippen MR) is 177 cm³/mol. The van der Waals surface area contributed by atoms with E-state index in [-0.39, 0.29) is 0 Å². The Morgan fingerprint density at radius 3 is 2.28 bits per heavy atom. The molecule has 0 atom stereocenters. The van der Waals surface area contributed by atoms with Crippen LogP contribution in [0.4, 0.5) is 0 Å². The van der Waals surface area contributed by atoms with Gasteiger partial charge in [-0.05, 0) is 82.1 Å². The summed E-state index contributed by atoms with van der Waals surface area (Å²) in [5, 5.41) is 2.80. The van der Waals surface area contributed by atoms with Crippen LogP contribution in [0.1, 0.15) is 60.1 Å². The average molecular weight is 546 g/mol. The second-order valence-corrected chi connectivity index (χ2v) is 10.3. The van der Waals surface area contributed by atoms with Crippen molar-refractivity contribution in [1.82, 2.24) is 9.88 Å². The van der Waals surface area contributed by atoms with E-state index in [0.717, 1.165) is 59.2 Å². The molecule has 0 saturated carbocycles. The lowest BCUT2D eigenvalue weighted by Gasteiger charge is -2.42. The van der Waals surface area contributed by atoms with E-state index >= 15 is 0 Å². The Bertz CT molecular complexity index is 1290. The Morgan fingerprint density at radius 1 is 1.13 bits per heavy atom. The number of halogens is 1.